The Hall–Kier alpha value is -2.47. The van der Waals surface area contributed by atoms with Crippen LogP contribution in [0.15, 0.2) is 53.1 Å². The van der Waals surface area contributed by atoms with Gasteiger partial charge in [0.15, 0.2) is 5.78 Å². The van der Waals surface area contributed by atoms with Crippen molar-refractivity contribution in [3.05, 3.63) is 70.1 Å². The Labute approximate surface area is 207 Å². The zero-order valence-corrected chi connectivity index (χ0v) is 20.9. The second-order valence-corrected chi connectivity index (χ2v) is 11.0. The Balaban J connectivity index is 1.25. The van der Waals surface area contributed by atoms with Crippen molar-refractivity contribution in [2.75, 3.05) is 6.61 Å². The van der Waals surface area contributed by atoms with Crippen molar-refractivity contribution in [2.24, 2.45) is 17.3 Å². The molecular weight excluding hydrogens is 497 g/mol. The molecule has 2 aromatic carbocycles. The van der Waals surface area contributed by atoms with Crippen molar-refractivity contribution in [3.63, 3.8) is 0 Å². The van der Waals surface area contributed by atoms with Crippen molar-refractivity contribution >= 4 is 38.6 Å². The van der Waals surface area contributed by atoms with Gasteiger partial charge in [-0.05, 0) is 85.8 Å². The number of halogens is 2. The highest BCUT2D eigenvalue weighted by atomic mass is 79.9. The summed E-state index contributed by atoms with van der Waals surface area (Å²) >= 11 is 3.45. The number of Topliss-reactive ketones (excluding diaryl/α,β-unsaturated/α-hetero) is 1. The Morgan fingerprint density at radius 1 is 1.03 bits per heavy atom. The number of fused-ring (bicyclic) bond motifs is 1. The van der Waals surface area contributed by atoms with Crippen LogP contribution in [0, 0.1) is 23.1 Å². The second-order valence-electron chi connectivity index (χ2n) is 10.1. The summed E-state index contributed by atoms with van der Waals surface area (Å²) in [5, 5.41) is 0.494. The Bertz CT molecular complexity index is 1220. The van der Waals surface area contributed by atoms with Crippen LogP contribution in [-0.2, 0) is 16.1 Å². The second kappa shape index (κ2) is 9.29. The van der Waals surface area contributed by atoms with Crippen LogP contribution in [-0.4, -0.2) is 22.9 Å². The number of ether oxygens (including phenoxy) is 1. The monoisotopic (exact) mass is 525 g/mol. The number of carbonyl (C=O) groups is 2. The smallest absolute Gasteiger partial charge is 0.306 e. The maximum Gasteiger partial charge on any atom is 0.306 e. The molecule has 2 aliphatic rings. The third kappa shape index (κ3) is 4.57. The van der Waals surface area contributed by atoms with E-state index in [9.17, 15) is 14.0 Å². The molecule has 0 N–H and O–H groups in total. The first-order valence-corrected chi connectivity index (χ1v) is 12.9. The number of rotatable bonds is 8. The van der Waals surface area contributed by atoms with Gasteiger partial charge in [-0.15, -0.1) is 0 Å². The quantitative estimate of drug-likeness (QED) is 0.236. The minimum absolute atomic E-state index is 0.0861. The molecule has 0 radical (unpaired) electrons. The summed E-state index contributed by atoms with van der Waals surface area (Å²) in [6, 6.07) is 12.8. The van der Waals surface area contributed by atoms with Crippen LogP contribution in [0.2, 0.25) is 0 Å². The first-order chi connectivity index (χ1) is 16.4. The van der Waals surface area contributed by atoms with Gasteiger partial charge in [0, 0.05) is 41.0 Å². The highest BCUT2D eigenvalue weighted by Gasteiger charge is 2.53. The number of benzene rings is 2. The number of nitrogens with zero attached hydrogens (tertiary/aromatic N) is 1. The van der Waals surface area contributed by atoms with E-state index < -0.39 is 0 Å². The van der Waals surface area contributed by atoms with Crippen LogP contribution in [0.1, 0.15) is 61.4 Å². The van der Waals surface area contributed by atoms with Crippen molar-refractivity contribution in [2.45, 2.75) is 52.0 Å². The number of esters is 1. The topological polar surface area (TPSA) is 48.3 Å². The van der Waals surface area contributed by atoms with Gasteiger partial charge in [-0.3, -0.25) is 9.59 Å². The summed E-state index contributed by atoms with van der Waals surface area (Å²) in [6.07, 6.45) is 7.09. The molecule has 1 aromatic heterocycles. The molecule has 2 saturated carbocycles. The van der Waals surface area contributed by atoms with Crippen molar-refractivity contribution in [3.8, 4) is 0 Å². The zero-order chi connectivity index (χ0) is 23.9. The van der Waals surface area contributed by atoms with E-state index in [-0.39, 0.29) is 17.6 Å². The van der Waals surface area contributed by atoms with Crippen LogP contribution in [0.3, 0.4) is 0 Å². The number of carbonyl (C=O) groups excluding carboxylic acids is 2. The maximum absolute atomic E-state index is 14.5. The maximum atomic E-state index is 14.5. The minimum Gasteiger partial charge on any atom is -0.466 e. The van der Waals surface area contributed by atoms with Gasteiger partial charge >= 0.3 is 5.97 Å². The van der Waals surface area contributed by atoms with E-state index >= 15 is 0 Å². The predicted molar refractivity (Wildman–Crippen MR) is 133 cm³/mol. The molecule has 2 fully saturated rings. The van der Waals surface area contributed by atoms with Gasteiger partial charge in [0.1, 0.15) is 5.82 Å². The van der Waals surface area contributed by atoms with E-state index in [2.05, 4.69) is 15.9 Å². The van der Waals surface area contributed by atoms with Crippen molar-refractivity contribution in [1.82, 2.24) is 4.57 Å². The SMILES string of the molecule is CCOC(=O)CC1CC2(C1)CC(CC(=O)c1ccc(F)c3ccn(Cc4ccc(Br)cc4)c13)C2. The molecule has 2 aliphatic carbocycles. The van der Waals surface area contributed by atoms with Crippen molar-refractivity contribution < 1.29 is 18.7 Å². The first-order valence-electron chi connectivity index (χ1n) is 12.1. The standard InChI is InChI=1S/C28H29BrFNO3/c1-2-34-26(33)12-20-15-28(16-20)13-19(14-28)11-25(32)23-7-8-24(30)22-9-10-31(27(22)23)17-18-3-5-21(29)6-4-18/h3-10,19-20H,2,11-17H2,1H3. The van der Waals surface area contributed by atoms with Gasteiger partial charge in [0.05, 0.1) is 12.1 Å². The summed E-state index contributed by atoms with van der Waals surface area (Å²) in [5.41, 5.74) is 2.70. The largest absolute Gasteiger partial charge is 0.466 e. The lowest BCUT2D eigenvalue weighted by molar-refractivity contribution is -0.148. The predicted octanol–water partition coefficient (Wildman–Crippen LogP) is 6.92. The van der Waals surface area contributed by atoms with E-state index in [1.54, 1.807) is 12.1 Å². The third-order valence-corrected chi connectivity index (χ3v) is 8.09. The summed E-state index contributed by atoms with van der Waals surface area (Å²) in [7, 11) is 0. The summed E-state index contributed by atoms with van der Waals surface area (Å²) in [5.74, 6) is 0.481. The fourth-order valence-electron chi connectivity index (χ4n) is 6.21. The average Bonchev–Trinajstić information content (AvgIpc) is 3.17. The number of ketones is 1. The normalized spacial score (nSPS) is 23.5. The highest BCUT2D eigenvalue weighted by Crippen LogP contribution is 2.62. The third-order valence-electron chi connectivity index (χ3n) is 7.56. The molecule has 34 heavy (non-hydrogen) atoms. The molecule has 0 bridgehead atoms. The molecule has 4 nitrogen and oxygen atoms in total. The van der Waals surface area contributed by atoms with Gasteiger partial charge in [0.2, 0.25) is 0 Å². The fourth-order valence-corrected chi connectivity index (χ4v) is 6.48. The van der Waals surface area contributed by atoms with E-state index in [4.69, 9.17) is 4.74 Å². The van der Waals surface area contributed by atoms with Crippen LogP contribution in [0.5, 0.6) is 0 Å². The Kier molecular flexibility index (Phi) is 6.36. The van der Waals surface area contributed by atoms with Crippen LogP contribution >= 0.6 is 15.9 Å². The number of hydrogen-bond donors (Lipinski definition) is 0. The molecule has 6 heteroatoms. The molecule has 3 aromatic rings. The summed E-state index contributed by atoms with van der Waals surface area (Å²) < 4.78 is 22.6. The molecule has 0 unspecified atom stereocenters. The van der Waals surface area contributed by atoms with Crippen LogP contribution in [0.4, 0.5) is 4.39 Å². The minimum atomic E-state index is -0.300. The first kappa shape index (κ1) is 23.3. The molecule has 1 heterocycles. The van der Waals surface area contributed by atoms with Crippen LogP contribution < -0.4 is 0 Å². The molecule has 0 atom stereocenters. The number of aromatic nitrogens is 1. The molecule has 1 spiro atoms. The molecule has 0 aliphatic heterocycles. The van der Waals surface area contributed by atoms with E-state index in [0.29, 0.717) is 59.7 Å². The molecule has 5 rings (SSSR count). The Morgan fingerprint density at radius 3 is 2.38 bits per heavy atom. The van der Waals surface area contributed by atoms with E-state index in [0.717, 1.165) is 35.7 Å². The lowest BCUT2D eigenvalue weighted by atomic mass is 9.47. The number of hydrogen-bond acceptors (Lipinski definition) is 3. The highest BCUT2D eigenvalue weighted by molar-refractivity contribution is 9.10. The van der Waals surface area contributed by atoms with E-state index in [1.807, 2.05) is 42.0 Å². The van der Waals surface area contributed by atoms with Gasteiger partial charge in [-0.2, -0.15) is 0 Å². The van der Waals surface area contributed by atoms with E-state index in [1.165, 1.54) is 6.07 Å². The van der Waals surface area contributed by atoms with Gasteiger partial charge in [0.25, 0.3) is 0 Å². The van der Waals surface area contributed by atoms with Crippen molar-refractivity contribution in [1.29, 1.82) is 0 Å². The molecule has 0 saturated heterocycles. The average molecular weight is 526 g/mol. The Morgan fingerprint density at radius 2 is 1.71 bits per heavy atom. The lowest BCUT2D eigenvalue weighted by Gasteiger charge is -2.58. The fraction of sp³-hybridized carbons (Fsp3) is 0.429. The zero-order valence-electron chi connectivity index (χ0n) is 19.4. The molecule has 178 valence electrons. The summed E-state index contributed by atoms with van der Waals surface area (Å²) in [6.45, 7) is 2.85. The van der Waals surface area contributed by atoms with Crippen LogP contribution in [0.25, 0.3) is 10.9 Å². The van der Waals surface area contributed by atoms with Gasteiger partial charge < -0.3 is 9.30 Å². The molecular formula is C28H29BrFNO3. The lowest BCUT2D eigenvalue weighted by Crippen LogP contribution is -2.48. The van der Waals surface area contributed by atoms with Gasteiger partial charge in [-0.25, -0.2) is 4.39 Å². The van der Waals surface area contributed by atoms with Gasteiger partial charge in [-0.1, -0.05) is 28.1 Å². The summed E-state index contributed by atoms with van der Waals surface area (Å²) in [4.78, 5) is 25.0. The molecule has 0 amide bonds.